The predicted octanol–water partition coefficient (Wildman–Crippen LogP) is 2.98. The van der Waals surface area contributed by atoms with E-state index in [1.54, 1.807) is 0 Å². The van der Waals surface area contributed by atoms with E-state index in [0.29, 0.717) is 6.54 Å². The maximum Gasteiger partial charge on any atom is 0.313 e. The standard InChI is InChI=1S/C15H21NO2/c1-10-5-6-13(12(3)11(10)2)16-9-15(7-8-15)14(17)18-4/h5-6,16H,7-9H2,1-4H3. The average Bonchev–Trinajstić information content (AvgIpc) is 3.15. The van der Waals surface area contributed by atoms with Crippen molar-refractivity contribution < 1.29 is 9.53 Å². The van der Waals surface area contributed by atoms with Crippen LogP contribution in [0.5, 0.6) is 0 Å². The van der Waals surface area contributed by atoms with Crippen LogP contribution < -0.4 is 5.32 Å². The summed E-state index contributed by atoms with van der Waals surface area (Å²) >= 11 is 0. The van der Waals surface area contributed by atoms with Gasteiger partial charge in [0.15, 0.2) is 0 Å². The number of methoxy groups -OCH3 is 1. The van der Waals surface area contributed by atoms with Crippen molar-refractivity contribution in [2.75, 3.05) is 19.0 Å². The molecule has 1 saturated carbocycles. The largest absolute Gasteiger partial charge is 0.469 e. The van der Waals surface area contributed by atoms with E-state index in [1.807, 2.05) is 0 Å². The fourth-order valence-corrected chi connectivity index (χ4v) is 2.23. The molecule has 0 atom stereocenters. The number of hydrogen-bond donors (Lipinski definition) is 1. The number of ether oxygens (including phenoxy) is 1. The van der Waals surface area contributed by atoms with Crippen LogP contribution in [-0.2, 0) is 9.53 Å². The average molecular weight is 247 g/mol. The van der Waals surface area contributed by atoms with Crippen molar-refractivity contribution >= 4 is 11.7 Å². The third-order valence-corrected chi connectivity index (χ3v) is 4.15. The van der Waals surface area contributed by atoms with Gasteiger partial charge in [0.1, 0.15) is 0 Å². The van der Waals surface area contributed by atoms with Gasteiger partial charge in [-0.25, -0.2) is 0 Å². The molecule has 98 valence electrons. The molecular weight excluding hydrogens is 226 g/mol. The Labute approximate surface area is 109 Å². The number of esters is 1. The van der Waals surface area contributed by atoms with E-state index in [9.17, 15) is 4.79 Å². The van der Waals surface area contributed by atoms with Crippen molar-refractivity contribution in [3.8, 4) is 0 Å². The number of nitrogens with one attached hydrogen (secondary N) is 1. The first-order valence-corrected chi connectivity index (χ1v) is 6.39. The number of benzene rings is 1. The topological polar surface area (TPSA) is 38.3 Å². The van der Waals surface area contributed by atoms with Crippen molar-refractivity contribution in [3.63, 3.8) is 0 Å². The molecule has 0 bridgehead atoms. The quantitative estimate of drug-likeness (QED) is 0.831. The first-order chi connectivity index (χ1) is 8.50. The van der Waals surface area contributed by atoms with E-state index in [2.05, 4.69) is 38.2 Å². The van der Waals surface area contributed by atoms with Gasteiger partial charge in [0.25, 0.3) is 0 Å². The van der Waals surface area contributed by atoms with Crippen LogP contribution in [0.25, 0.3) is 0 Å². The normalized spacial score (nSPS) is 16.2. The number of carbonyl (C=O) groups excluding carboxylic acids is 1. The fourth-order valence-electron chi connectivity index (χ4n) is 2.23. The third-order valence-electron chi connectivity index (χ3n) is 4.15. The number of hydrogen-bond acceptors (Lipinski definition) is 3. The highest BCUT2D eigenvalue weighted by atomic mass is 16.5. The second-order valence-corrected chi connectivity index (χ2v) is 5.31. The van der Waals surface area contributed by atoms with Gasteiger partial charge in [-0.15, -0.1) is 0 Å². The molecule has 0 aliphatic heterocycles. The van der Waals surface area contributed by atoms with E-state index in [4.69, 9.17) is 4.74 Å². The van der Waals surface area contributed by atoms with Crippen molar-refractivity contribution in [2.45, 2.75) is 33.6 Å². The first kappa shape index (κ1) is 12.9. The summed E-state index contributed by atoms with van der Waals surface area (Å²) < 4.78 is 4.86. The maximum atomic E-state index is 11.7. The summed E-state index contributed by atoms with van der Waals surface area (Å²) in [5.41, 5.74) is 4.71. The highest BCUT2D eigenvalue weighted by molar-refractivity contribution is 5.80. The fraction of sp³-hybridized carbons (Fsp3) is 0.533. The second-order valence-electron chi connectivity index (χ2n) is 5.31. The van der Waals surface area contributed by atoms with E-state index in [-0.39, 0.29) is 11.4 Å². The van der Waals surface area contributed by atoms with Crippen LogP contribution in [0.2, 0.25) is 0 Å². The molecule has 1 fully saturated rings. The number of rotatable bonds is 4. The Bertz CT molecular complexity index is 476. The molecule has 0 heterocycles. The number of aryl methyl sites for hydroxylation is 1. The molecule has 18 heavy (non-hydrogen) atoms. The Morgan fingerprint density at radius 3 is 2.50 bits per heavy atom. The zero-order valence-corrected chi connectivity index (χ0v) is 11.6. The van der Waals surface area contributed by atoms with Crippen molar-refractivity contribution in [3.05, 3.63) is 28.8 Å². The molecule has 3 nitrogen and oxygen atoms in total. The molecule has 1 aromatic carbocycles. The Balaban J connectivity index is 2.08. The lowest BCUT2D eigenvalue weighted by Crippen LogP contribution is -2.26. The minimum absolute atomic E-state index is 0.0866. The van der Waals surface area contributed by atoms with Crippen LogP contribution in [0.3, 0.4) is 0 Å². The minimum atomic E-state index is -0.278. The van der Waals surface area contributed by atoms with Gasteiger partial charge in [0.05, 0.1) is 12.5 Å². The van der Waals surface area contributed by atoms with Crippen molar-refractivity contribution in [1.29, 1.82) is 0 Å². The lowest BCUT2D eigenvalue weighted by molar-refractivity contribution is -0.146. The molecule has 1 aromatic rings. The van der Waals surface area contributed by atoms with E-state index in [0.717, 1.165) is 18.5 Å². The molecule has 0 amide bonds. The van der Waals surface area contributed by atoms with Crippen LogP contribution in [0, 0.1) is 26.2 Å². The summed E-state index contributed by atoms with van der Waals surface area (Å²) in [6.45, 7) is 7.03. The Kier molecular flexibility index (Phi) is 3.33. The van der Waals surface area contributed by atoms with Crippen molar-refractivity contribution in [1.82, 2.24) is 0 Å². The van der Waals surface area contributed by atoms with Gasteiger partial charge in [0.2, 0.25) is 0 Å². The second kappa shape index (κ2) is 4.63. The summed E-state index contributed by atoms with van der Waals surface area (Å²) in [6, 6.07) is 4.20. The van der Waals surface area contributed by atoms with Gasteiger partial charge < -0.3 is 10.1 Å². The molecule has 0 saturated heterocycles. The molecule has 1 N–H and O–H groups in total. The van der Waals surface area contributed by atoms with Gasteiger partial charge in [0, 0.05) is 12.2 Å². The molecule has 0 aromatic heterocycles. The lowest BCUT2D eigenvalue weighted by Gasteiger charge is -2.17. The molecular formula is C15H21NO2. The predicted molar refractivity (Wildman–Crippen MR) is 72.8 cm³/mol. The Morgan fingerprint density at radius 1 is 1.28 bits per heavy atom. The highest BCUT2D eigenvalue weighted by Crippen LogP contribution is 2.46. The SMILES string of the molecule is COC(=O)C1(CNc2ccc(C)c(C)c2C)CC1. The summed E-state index contributed by atoms with van der Waals surface area (Å²) in [4.78, 5) is 11.7. The van der Waals surface area contributed by atoms with Gasteiger partial charge in [-0.1, -0.05) is 6.07 Å². The van der Waals surface area contributed by atoms with Gasteiger partial charge >= 0.3 is 5.97 Å². The number of anilines is 1. The molecule has 0 unspecified atom stereocenters. The van der Waals surface area contributed by atoms with Crippen LogP contribution >= 0.6 is 0 Å². The molecule has 3 heteroatoms. The molecule has 1 aliphatic carbocycles. The molecule has 0 radical (unpaired) electrons. The van der Waals surface area contributed by atoms with Crippen molar-refractivity contribution in [2.24, 2.45) is 5.41 Å². The van der Waals surface area contributed by atoms with Crippen LogP contribution in [0.4, 0.5) is 5.69 Å². The minimum Gasteiger partial charge on any atom is -0.469 e. The summed E-state index contributed by atoms with van der Waals surface area (Å²) in [6.07, 6.45) is 1.85. The van der Waals surface area contributed by atoms with Crippen LogP contribution in [0.1, 0.15) is 29.5 Å². The highest BCUT2D eigenvalue weighted by Gasteiger charge is 2.50. The van der Waals surface area contributed by atoms with E-state index in [1.165, 1.54) is 23.8 Å². The van der Waals surface area contributed by atoms with Gasteiger partial charge in [-0.2, -0.15) is 0 Å². The van der Waals surface area contributed by atoms with Crippen LogP contribution in [-0.4, -0.2) is 19.6 Å². The Morgan fingerprint density at radius 2 is 1.94 bits per heavy atom. The maximum absolute atomic E-state index is 11.7. The summed E-state index contributed by atoms with van der Waals surface area (Å²) in [5, 5.41) is 3.40. The third kappa shape index (κ3) is 2.22. The zero-order chi connectivity index (χ0) is 13.3. The Hall–Kier alpha value is -1.51. The zero-order valence-electron chi connectivity index (χ0n) is 11.6. The summed E-state index contributed by atoms with van der Waals surface area (Å²) in [5.74, 6) is -0.0866. The number of carbonyl (C=O) groups is 1. The summed E-state index contributed by atoms with van der Waals surface area (Å²) in [7, 11) is 1.46. The van der Waals surface area contributed by atoms with Gasteiger partial charge in [-0.05, 0) is 56.4 Å². The van der Waals surface area contributed by atoms with Gasteiger partial charge in [-0.3, -0.25) is 4.79 Å². The van der Waals surface area contributed by atoms with Crippen LogP contribution in [0.15, 0.2) is 12.1 Å². The monoisotopic (exact) mass is 247 g/mol. The van der Waals surface area contributed by atoms with E-state index >= 15 is 0 Å². The smallest absolute Gasteiger partial charge is 0.313 e. The molecule has 0 spiro atoms. The molecule has 2 rings (SSSR count). The first-order valence-electron chi connectivity index (χ1n) is 6.39. The van der Waals surface area contributed by atoms with E-state index < -0.39 is 0 Å². The molecule has 1 aliphatic rings. The lowest BCUT2D eigenvalue weighted by atomic mass is 10.0.